The molecule has 2 heterocycles. The third-order valence-electron chi connectivity index (χ3n) is 5.00. The Morgan fingerprint density at radius 3 is 2.84 bits per heavy atom. The van der Waals surface area contributed by atoms with E-state index in [0.29, 0.717) is 31.3 Å². The maximum absolute atomic E-state index is 12.0. The molecule has 1 amide bonds. The van der Waals surface area contributed by atoms with Gasteiger partial charge in [-0.05, 0) is 12.0 Å². The standard InChI is InChI=1S/C23H28N8O/c1-2-6-19-12-28-23(30-22(19)27-11-17-7-4-3-5-8-17)29-20(10-25)13-26-14-21(32)31-15-18(9-24)16-31/h3-5,7-8,10,12-13,18H,2,6,11,14-16,25H2,1H3,(H2,27,28,29,30)/b20-10+,26-13?. The maximum Gasteiger partial charge on any atom is 0.244 e. The van der Waals surface area contributed by atoms with E-state index >= 15 is 0 Å². The van der Waals surface area contributed by atoms with Gasteiger partial charge in [0.2, 0.25) is 11.9 Å². The van der Waals surface area contributed by atoms with E-state index < -0.39 is 0 Å². The van der Waals surface area contributed by atoms with Crippen molar-refractivity contribution in [2.75, 3.05) is 30.3 Å². The summed E-state index contributed by atoms with van der Waals surface area (Å²) in [5.41, 5.74) is 8.38. The first-order chi connectivity index (χ1) is 15.6. The SMILES string of the molecule is CCCc1cnc(N/C(C=NCC(=O)N2CC(C#N)C2)=C/N)nc1NCc1ccccc1. The Labute approximate surface area is 188 Å². The largest absolute Gasteiger partial charge is 0.403 e. The van der Waals surface area contributed by atoms with E-state index in [9.17, 15) is 4.79 Å². The van der Waals surface area contributed by atoms with Crippen LogP contribution in [0.2, 0.25) is 0 Å². The van der Waals surface area contributed by atoms with Gasteiger partial charge in [0.15, 0.2) is 0 Å². The third kappa shape index (κ3) is 6.28. The van der Waals surface area contributed by atoms with Crippen molar-refractivity contribution in [1.82, 2.24) is 14.9 Å². The number of carbonyl (C=O) groups is 1. The van der Waals surface area contributed by atoms with Gasteiger partial charge in [0.05, 0.1) is 17.7 Å². The van der Waals surface area contributed by atoms with Gasteiger partial charge in [-0.1, -0.05) is 43.7 Å². The number of anilines is 2. The summed E-state index contributed by atoms with van der Waals surface area (Å²) in [6.07, 6.45) is 6.49. The van der Waals surface area contributed by atoms with E-state index in [-0.39, 0.29) is 18.4 Å². The number of benzene rings is 1. The van der Waals surface area contributed by atoms with Crippen LogP contribution < -0.4 is 16.4 Å². The monoisotopic (exact) mass is 432 g/mol. The van der Waals surface area contributed by atoms with Crippen molar-refractivity contribution in [2.24, 2.45) is 16.6 Å². The second kappa shape index (κ2) is 11.5. The summed E-state index contributed by atoms with van der Waals surface area (Å²) in [6, 6.07) is 12.3. The lowest BCUT2D eigenvalue weighted by Gasteiger charge is -2.34. The Morgan fingerprint density at radius 2 is 2.16 bits per heavy atom. The number of amides is 1. The fraction of sp³-hybridized carbons (Fsp3) is 0.348. The minimum atomic E-state index is -0.114. The molecule has 1 aliphatic rings. The van der Waals surface area contributed by atoms with Gasteiger partial charge >= 0.3 is 0 Å². The van der Waals surface area contributed by atoms with Crippen molar-refractivity contribution in [3.8, 4) is 6.07 Å². The topological polar surface area (TPSA) is 132 Å². The molecule has 0 spiro atoms. The highest BCUT2D eigenvalue weighted by atomic mass is 16.2. The van der Waals surface area contributed by atoms with Gasteiger partial charge in [0.1, 0.15) is 12.4 Å². The van der Waals surface area contributed by atoms with Crippen molar-refractivity contribution < 1.29 is 4.79 Å². The van der Waals surface area contributed by atoms with Gasteiger partial charge in [-0.15, -0.1) is 0 Å². The highest BCUT2D eigenvalue weighted by molar-refractivity contribution is 5.86. The molecule has 0 saturated carbocycles. The average Bonchev–Trinajstić information content (AvgIpc) is 2.78. The lowest BCUT2D eigenvalue weighted by atomic mass is 10.0. The molecule has 1 aromatic carbocycles. The molecule has 3 rings (SSSR count). The average molecular weight is 433 g/mol. The van der Waals surface area contributed by atoms with Crippen LogP contribution in [0.15, 0.2) is 53.4 Å². The van der Waals surface area contributed by atoms with E-state index in [2.05, 4.69) is 50.7 Å². The minimum absolute atomic E-state index is 0.00263. The van der Waals surface area contributed by atoms with Gasteiger partial charge in [-0.2, -0.15) is 10.2 Å². The normalized spacial score (nSPS) is 14.1. The van der Waals surface area contributed by atoms with Crippen LogP contribution in [0.4, 0.5) is 11.8 Å². The molecule has 2 aromatic rings. The number of likely N-dealkylation sites (tertiary alicyclic amines) is 1. The number of aryl methyl sites for hydroxylation is 1. The van der Waals surface area contributed by atoms with Crippen LogP contribution in [0, 0.1) is 17.2 Å². The van der Waals surface area contributed by atoms with E-state index in [1.807, 2.05) is 18.2 Å². The second-order valence-electron chi connectivity index (χ2n) is 7.50. The lowest BCUT2D eigenvalue weighted by molar-refractivity contribution is -0.134. The summed E-state index contributed by atoms with van der Waals surface area (Å²) >= 11 is 0. The molecule has 32 heavy (non-hydrogen) atoms. The molecule has 0 unspecified atom stereocenters. The summed E-state index contributed by atoms with van der Waals surface area (Å²) in [5, 5.41) is 15.2. The molecule has 1 aromatic heterocycles. The Balaban J connectivity index is 1.60. The molecule has 9 nitrogen and oxygen atoms in total. The highest BCUT2D eigenvalue weighted by Gasteiger charge is 2.29. The number of nitrogens with two attached hydrogens (primary N) is 1. The summed E-state index contributed by atoms with van der Waals surface area (Å²) in [7, 11) is 0. The van der Waals surface area contributed by atoms with Gasteiger partial charge in [0, 0.05) is 43.8 Å². The molecule has 166 valence electrons. The number of nitrogens with zero attached hydrogens (tertiary/aromatic N) is 5. The zero-order valence-corrected chi connectivity index (χ0v) is 18.2. The van der Waals surface area contributed by atoms with E-state index in [0.717, 1.165) is 29.8 Å². The first-order valence-electron chi connectivity index (χ1n) is 10.6. The third-order valence-corrected chi connectivity index (χ3v) is 5.00. The number of carbonyl (C=O) groups excluding carboxylic acids is 1. The Morgan fingerprint density at radius 1 is 1.38 bits per heavy atom. The molecular weight excluding hydrogens is 404 g/mol. The Bertz CT molecular complexity index is 1010. The molecular formula is C23H28N8O. The fourth-order valence-electron chi connectivity index (χ4n) is 3.19. The molecule has 0 aliphatic carbocycles. The predicted octanol–water partition coefficient (Wildman–Crippen LogP) is 2.31. The molecule has 1 aliphatic heterocycles. The van der Waals surface area contributed by atoms with Gasteiger partial charge in [-0.3, -0.25) is 9.79 Å². The minimum Gasteiger partial charge on any atom is -0.403 e. The molecule has 0 bridgehead atoms. The molecule has 4 N–H and O–H groups in total. The zero-order valence-electron chi connectivity index (χ0n) is 18.2. The van der Waals surface area contributed by atoms with Crippen LogP contribution >= 0.6 is 0 Å². The maximum atomic E-state index is 12.0. The first-order valence-corrected chi connectivity index (χ1v) is 10.6. The number of nitrogens with one attached hydrogen (secondary N) is 2. The fourth-order valence-corrected chi connectivity index (χ4v) is 3.19. The predicted molar refractivity (Wildman–Crippen MR) is 125 cm³/mol. The molecule has 1 fully saturated rings. The summed E-state index contributed by atoms with van der Waals surface area (Å²) in [5.74, 6) is 0.967. The van der Waals surface area contributed by atoms with Crippen molar-refractivity contribution in [2.45, 2.75) is 26.3 Å². The van der Waals surface area contributed by atoms with E-state index in [4.69, 9.17) is 11.0 Å². The number of aliphatic imine (C=N–C) groups is 1. The van der Waals surface area contributed by atoms with Crippen molar-refractivity contribution in [3.63, 3.8) is 0 Å². The van der Waals surface area contributed by atoms with Crippen LogP contribution in [0.3, 0.4) is 0 Å². The van der Waals surface area contributed by atoms with Crippen molar-refractivity contribution in [3.05, 3.63) is 59.6 Å². The van der Waals surface area contributed by atoms with Crippen LogP contribution in [0.5, 0.6) is 0 Å². The highest BCUT2D eigenvalue weighted by Crippen LogP contribution is 2.18. The smallest absolute Gasteiger partial charge is 0.244 e. The van der Waals surface area contributed by atoms with Gasteiger partial charge < -0.3 is 21.3 Å². The molecule has 9 heteroatoms. The van der Waals surface area contributed by atoms with E-state index in [1.54, 1.807) is 11.1 Å². The molecule has 0 radical (unpaired) electrons. The van der Waals surface area contributed by atoms with Crippen LogP contribution in [0.1, 0.15) is 24.5 Å². The van der Waals surface area contributed by atoms with Gasteiger partial charge in [-0.25, -0.2) is 4.98 Å². The molecule has 0 atom stereocenters. The van der Waals surface area contributed by atoms with Gasteiger partial charge in [0.25, 0.3) is 0 Å². The summed E-state index contributed by atoms with van der Waals surface area (Å²) < 4.78 is 0. The van der Waals surface area contributed by atoms with Crippen molar-refractivity contribution >= 4 is 23.9 Å². The number of allylic oxidation sites excluding steroid dienone is 1. The Kier molecular flexibility index (Phi) is 8.15. The van der Waals surface area contributed by atoms with Crippen LogP contribution in [-0.2, 0) is 17.8 Å². The second-order valence-corrected chi connectivity index (χ2v) is 7.50. The zero-order chi connectivity index (χ0) is 22.8. The lowest BCUT2D eigenvalue weighted by Crippen LogP contribution is -2.50. The van der Waals surface area contributed by atoms with Crippen molar-refractivity contribution in [1.29, 1.82) is 5.26 Å². The number of hydrogen-bond acceptors (Lipinski definition) is 8. The molecule has 1 saturated heterocycles. The van der Waals surface area contributed by atoms with Crippen LogP contribution in [0.25, 0.3) is 0 Å². The number of rotatable bonds is 10. The number of aromatic nitrogens is 2. The summed E-state index contributed by atoms with van der Waals surface area (Å²) in [4.78, 5) is 26.8. The number of hydrogen-bond donors (Lipinski definition) is 3. The number of nitriles is 1. The quantitative estimate of drug-likeness (QED) is 0.491. The first kappa shape index (κ1) is 22.7. The summed E-state index contributed by atoms with van der Waals surface area (Å²) in [6.45, 7) is 3.71. The van der Waals surface area contributed by atoms with E-state index in [1.165, 1.54) is 12.4 Å². The Hall–Kier alpha value is -3.93. The van der Waals surface area contributed by atoms with Crippen LogP contribution in [-0.4, -0.2) is 46.6 Å².